The summed E-state index contributed by atoms with van der Waals surface area (Å²) in [6.45, 7) is 0.556. The van der Waals surface area contributed by atoms with Crippen molar-refractivity contribution >= 4 is 29.0 Å². The second kappa shape index (κ2) is 8.74. The molecule has 0 radical (unpaired) electrons. The molecule has 2 amide bonds. The van der Waals surface area contributed by atoms with Crippen molar-refractivity contribution in [2.45, 2.75) is 6.54 Å². The van der Waals surface area contributed by atoms with Gasteiger partial charge in [-0.05, 0) is 23.8 Å². The van der Waals surface area contributed by atoms with E-state index < -0.39 is 0 Å². The van der Waals surface area contributed by atoms with Crippen molar-refractivity contribution in [2.24, 2.45) is 0 Å². The van der Waals surface area contributed by atoms with Gasteiger partial charge in [-0.15, -0.1) is 0 Å². The SMILES string of the molecule is COc1ccc(NC(=O)c2cnc3c(c2)N(Cc2ccccc2)C(=O)CN3)cc1OC. The minimum atomic E-state index is -0.347. The highest BCUT2D eigenvalue weighted by Gasteiger charge is 2.26. The Morgan fingerprint density at radius 3 is 2.61 bits per heavy atom. The molecule has 0 saturated carbocycles. The lowest BCUT2D eigenvalue weighted by Gasteiger charge is -2.29. The molecule has 8 nitrogen and oxygen atoms in total. The number of amides is 2. The van der Waals surface area contributed by atoms with Crippen molar-refractivity contribution in [2.75, 3.05) is 36.3 Å². The fourth-order valence-corrected chi connectivity index (χ4v) is 3.36. The number of pyridine rings is 1. The van der Waals surface area contributed by atoms with Crippen molar-refractivity contribution in [3.63, 3.8) is 0 Å². The third-order valence-corrected chi connectivity index (χ3v) is 4.95. The molecule has 2 N–H and O–H groups in total. The van der Waals surface area contributed by atoms with E-state index in [4.69, 9.17) is 9.47 Å². The van der Waals surface area contributed by atoms with E-state index in [9.17, 15) is 9.59 Å². The Labute approximate surface area is 179 Å². The van der Waals surface area contributed by atoms with E-state index in [1.54, 1.807) is 36.3 Å². The second-order valence-corrected chi connectivity index (χ2v) is 6.93. The number of carbonyl (C=O) groups is 2. The summed E-state index contributed by atoms with van der Waals surface area (Å²) in [6.07, 6.45) is 1.48. The number of fused-ring (bicyclic) bond motifs is 1. The summed E-state index contributed by atoms with van der Waals surface area (Å²) in [4.78, 5) is 31.4. The predicted molar refractivity (Wildman–Crippen MR) is 118 cm³/mol. The standard InChI is InChI=1S/C23H22N4O4/c1-30-19-9-8-17(11-20(19)31-2)26-23(29)16-10-18-22(24-12-16)25-13-21(28)27(18)14-15-6-4-3-5-7-15/h3-12H,13-14H2,1-2H3,(H,24,25)(H,26,29). The van der Waals surface area contributed by atoms with Gasteiger partial charge in [0.15, 0.2) is 17.3 Å². The topological polar surface area (TPSA) is 92.8 Å². The van der Waals surface area contributed by atoms with Crippen molar-refractivity contribution in [1.82, 2.24) is 4.98 Å². The number of carbonyl (C=O) groups excluding carboxylic acids is 2. The molecule has 1 aromatic heterocycles. The number of nitrogens with one attached hydrogen (secondary N) is 2. The number of anilines is 3. The molecule has 3 aromatic rings. The smallest absolute Gasteiger partial charge is 0.257 e. The largest absolute Gasteiger partial charge is 0.493 e. The normalized spacial score (nSPS) is 12.6. The van der Waals surface area contributed by atoms with Crippen LogP contribution in [-0.4, -0.2) is 37.6 Å². The number of ether oxygens (including phenoxy) is 2. The fourth-order valence-electron chi connectivity index (χ4n) is 3.36. The van der Waals surface area contributed by atoms with Crippen LogP contribution in [0.3, 0.4) is 0 Å². The van der Waals surface area contributed by atoms with Gasteiger partial charge in [0, 0.05) is 18.0 Å². The number of rotatable bonds is 6. The van der Waals surface area contributed by atoms with E-state index in [0.29, 0.717) is 40.8 Å². The van der Waals surface area contributed by atoms with Gasteiger partial charge in [0.1, 0.15) is 0 Å². The monoisotopic (exact) mass is 418 g/mol. The predicted octanol–water partition coefficient (Wildman–Crippen LogP) is 3.31. The fraction of sp³-hybridized carbons (Fsp3) is 0.174. The summed E-state index contributed by atoms with van der Waals surface area (Å²) in [5.41, 5.74) is 2.45. The summed E-state index contributed by atoms with van der Waals surface area (Å²) in [5.74, 6) is 1.21. The van der Waals surface area contributed by atoms with E-state index >= 15 is 0 Å². The van der Waals surface area contributed by atoms with Gasteiger partial charge in [-0.25, -0.2) is 4.98 Å². The highest BCUT2D eigenvalue weighted by atomic mass is 16.5. The summed E-state index contributed by atoms with van der Waals surface area (Å²) in [7, 11) is 3.08. The first-order valence-corrected chi connectivity index (χ1v) is 9.70. The zero-order valence-corrected chi connectivity index (χ0v) is 17.2. The highest BCUT2D eigenvalue weighted by Crippen LogP contribution is 2.32. The molecule has 2 heterocycles. The van der Waals surface area contributed by atoms with Gasteiger partial charge in [-0.3, -0.25) is 9.59 Å². The molecule has 0 bridgehead atoms. The average molecular weight is 418 g/mol. The van der Waals surface area contributed by atoms with Crippen LogP contribution in [0.1, 0.15) is 15.9 Å². The Kier molecular flexibility index (Phi) is 5.70. The Morgan fingerprint density at radius 2 is 1.87 bits per heavy atom. The molecule has 1 aliphatic rings. The van der Waals surface area contributed by atoms with E-state index in [2.05, 4.69) is 15.6 Å². The molecule has 1 aliphatic heterocycles. The third-order valence-electron chi connectivity index (χ3n) is 4.95. The second-order valence-electron chi connectivity index (χ2n) is 6.93. The van der Waals surface area contributed by atoms with Gasteiger partial charge >= 0.3 is 0 Å². The van der Waals surface area contributed by atoms with Crippen LogP contribution in [0.4, 0.5) is 17.2 Å². The highest BCUT2D eigenvalue weighted by molar-refractivity contribution is 6.07. The minimum Gasteiger partial charge on any atom is -0.493 e. The van der Waals surface area contributed by atoms with Crippen LogP contribution >= 0.6 is 0 Å². The molecule has 8 heteroatoms. The molecule has 0 aliphatic carbocycles. The van der Waals surface area contributed by atoms with Crippen LogP contribution in [0.2, 0.25) is 0 Å². The number of methoxy groups -OCH3 is 2. The molecular formula is C23H22N4O4. The van der Waals surface area contributed by atoms with Gasteiger partial charge in [-0.2, -0.15) is 0 Å². The Hall–Kier alpha value is -4.07. The van der Waals surface area contributed by atoms with E-state index in [1.807, 2.05) is 30.3 Å². The van der Waals surface area contributed by atoms with Gasteiger partial charge in [0.2, 0.25) is 5.91 Å². The van der Waals surface area contributed by atoms with E-state index in [0.717, 1.165) is 5.56 Å². The summed E-state index contributed by atoms with van der Waals surface area (Å²) >= 11 is 0. The maximum absolute atomic E-state index is 12.9. The first-order chi connectivity index (χ1) is 15.1. The number of hydrogen-bond acceptors (Lipinski definition) is 6. The van der Waals surface area contributed by atoms with Crippen molar-refractivity contribution in [1.29, 1.82) is 0 Å². The lowest BCUT2D eigenvalue weighted by atomic mass is 10.1. The Balaban J connectivity index is 1.59. The summed E-state index contributed by atoms with van der Waals surface area (Å²) < 4.78 is 10.5. The molecule has 0 atom stereocenters. The number of hydrogen-bond donors (Lipinski definition) is 2. The van der Waals surface area contributed by atoms with Gasteiger partial charge in [-0.1, -0.05) is 30.3 Å². The molecule has 31 heavy (non-hydrogen) atoms. The Bertz CT molecular complexity index is 1120. The van der Waals surface area contributed by atoms with Crippen LogP contribution < -0.4 is 25.0 Å². The minimum absolute atomic E-state index is 0.0874. The van der Waals surface area contributed by atoms with E-state index in [-0.39, 0.29) is 18.4 Å². The van der Waals surface area contributed by atoms with Crippen LogP contribution in [0, 0.1) is 0 Å². The molecule has 4 rings (SSSR count). The van der Waals surface area contributed by atoms with Gasteiger partial charge < -0.3 is 25.0 Å². The van der Waals surface area contributed by atoms with Gasteiger partial charge in [0.25, 0.3) is 5.91 Å². The molecule has 2 aromatic carbocycles. The molecule has 0 spiro atoms. The molecule has 0 fully saturated rings. The van der Waals surface area contributed by atoms with Crippen molar-refractivity contribution in [3.05, 3.63) is 71.9 Å². The maximum Gasteiger partial charge on any atom is 0.257 e. The summed E-state index contributed by atoms with van der Waals surface area (Å²) in [5, 5.41) is 5.84. The molecule has 158 valence electrons. The number of aromatic nitrogens is 1. The van der Waals surface area contributed by atoms with Crippen LogP contribution in [0.25, 0.3) is 0 Å². The van der Waals surface area contributed by atoms with E-state index in [1.165, 1.54) is 13.3 Å². The lowest BCUT2D eigenvalue weighted by molar-refractivity contribution is -0.117. The van der Waals surface area contributed by atoms with Crippen LogP contribution in [0.15, 0.2) is 60.8 Å². The summed E-state index contributed by atoms with van der Waals surface area (Å²) in [6, 6.07) is 16.5. The third kappa shape index (κ3) is 4.28. The molecular weight excluding hydrogens is 396 g/mol. The molecule has 0 saturated heterocycles. The number of benzene rings is 2. The first-order valence-electron chi connectivity index (χ1n) is 9.70. The molecule has 0 unspecified atom stereocenters. The van der Waals surface area contributed by atoms with Gasteiger partial charge in [0.05, 0.1) is 38.6 Å². The Morgan fingerprint density at radius 1 is 1.10 bits per heavy atom. The van der Waals surface area contributed by atoms with Crippen LogP contribution in [-0.2, 0) is 11.3 Å². The first kappa shape index (κ1) is 20.2. The zero-order chi connectivity index (χ0) is 21.8. The number of nitrogens with zero attached hydrogens (tertiary/aromatic N) is 2. The quantitative estimate of drug-likeness (QED) is 0.638. The maximum atomic E-state index is 12.9. The average Bonchev–Trinajstić information content (AvgIpc) is 2.81. The van der Waals surface area contributed by atoms with Crippen LogP contribution in [0.5, 0.6) is 11.5 Å². The van der Waals surface area contributed by atoms with Crippen molar-refractivity contribution in [3.8, 4) is 11.5 Å². The van der Waals surface area contributed by atoms with Crippen molar-refractivity contribution < 1.29 is 19.1 Å². The zero-order valence-electron chi connectivity index (χ0n) is 17.2. The lowest BCUT2D eigenvalue weighted by Crippen LogP contribution is -2.40.